The van der Waals surface area contributed by atoms with E-state index in [1.165, 1.54) is 22.1 Å². The molecule has 2 aromatic heterocycles. The number of pyridine rings is 1. The van der Waals surface area contributed by atoms with Crippen LogP contribution in [-0.2, 0) is 16.4 Å². The molecule has 11 heteroatoms. The van der Waals surface area contributed by atoms with Crippen LogP contribution in [0.3, 0.4) is 0 Å². The lowest BCUT2D eigenvalue weighted by Crippen LogP contribution is -2.29. The van der Waals surface area contributed by atoms with Gasteiger partial charge in [-0.05, 0) is 36.8 Å². The number of anilines is 1. The molecule has 0 saturated carbocycles. The molecule has 0 fully saturated rings. The van der Waals surface area contributed by atoms with Gasteiger partial charge in [0.15, 0.2) is 0 Å². The second kappa shape index (κ2) is 8.07. The van der Waals surface area contributed by atoms with Crippen LogP contribution in [0.5, 0.6) is 0 Å². The highest BCUT2D eigenvalue weighted by Gasteiger charge is 2.46. The first-order valence-electron chi connectivity index (χ1n) is 8.40. The van der Waals surface area contributed by atoms with Gasteiger partial charge in [0.05, 0.1) is 11.4 Å². The van der Waals surface area contributed by atoms with Crippen LogP contribution >= 0.6 is 11.3 Å². The van der Waals surface area contributed by atoms with Crippen molar-refractivity contribution in [3.05, 3.63) is 53.4 Å². The van der Waals surface area contributed by atoms with E-state index >= 15 is 0 Å². The monoisotopic (exact) mass is 445 g/mol. The van der Waals surface area contributed by atoms with Crippen molar-refractivity contribution in [1.29, 1.82) is 0 Å². The summed E-state index contributed by atoms with van der Waals surface area (Å²) in [5, 5.41) is 2.26. The number of benzene rings is 1. The summed E-state index contributed by atoms with van der Waals surface area (Å²) < 4.78 is 75.4. The lowest BCUT2D eigenvalue weighted by Gasteiger charge is -2.11. The average molecular weight is 445 g/mol. The standard InChI is InChI=1S/C18H15F4N3O2S2/c1-2-3-12-8-11(6-7-23-12)17-24-16(10-28-17)14-5-4-13(9-15(14)19)25-29(26,27)18(20,21)22/h4-10,25H,2-3H2,1H3. The molecule has 154 valence electrons. The van der Waals surface area contributed by atoms with E-state index < -0.39 is 27.0 Å². The Balaban J connectivity index is 1.86. The molecule has 0 spiro atoms. The van der Waals surface area contributed by atoms with Gasteiger partial charge >= 0.3 is 15.5 Å². The molecule has 0 aliphatic heterocycles. The Morgan fingerprint density at radius 2 is 1.93 bits per heavy atom. The second-order valence-electron chi connectivity index (χ2n) is 6.07. The molecule has 3 aromatic rings. The van der Waals surface area contributed by atoms with E-state index in [1.54, 1.807) is 17.6 Å². The normalized spacial score (nSPS) is 12.2. The number of alkyl halides is 3. The van der Waals surface area contributed by atoms with Crippen LogP contribution in [0.15, 0.2) is 41.9 Å². The summed E-state index contributed by atoms with van der Waals surface area (Å²) in [7, 11) is -5.62. The number of sulfonamides is 1. The van der Waals surface area contributed by atoms with Gasteiger partial charge in [0.2, 0.25) is 0 Å². The fraction of sp³-hybridized carbons (Fsp3) is 0.222. The largest absolute Gasteiger partial charge is 0.516 e. The Morgan fingerprint density at radius 1 is 1.17 bits per heavy atom. The Bertz CT molecular complexity index is 1130. The summed E-state index contributed by atoms with van der Waals surface area (Å²) >= 11 is 1.28. The Hall–Kier alpha value is -2.53. The van der Waals surface area contributed by atoms with Crippen LogP contribution in [-0.4, -0.2) is 23.9 Å². The molecule has 0 unspecified atom stereocenters. The molecule has 0 aliphatic carbocycles. The van der Waals surface area contributed by atoms with E-state index in [2.05, 4.69) is 9.97 Å². The van der Waals surface area contributed by atoms with E-state index in [-0.39, 0.29) is 5.56 Å². The molecular formula is C18H15F4N3O2S2. The van der Waals surface area contributed by atoms with Crippen LogP contribution in [0.1, 0.15) is 19.0 Å². The van der Waals surface area contributed by atoms with Crippen molar-refractivity contribution in [2.75, 3.05) is 4.72 Å². The first-order valence-corrected chi connectivity index (χ1v) is 10.8. The molecule has 0 radical (unpaired) electrons. The van der Waals surface area contributed by atoms with Crippen molar-refractivity contribution in [3.8, 4) is 21.8 Å². The number of aryl methyl sites for hydroxylation is 1. The third-order valence-electron chi connectivity index (χ3n) is 3.88. The third-order valence-corrected chi connectivity index (χ3v) is 5.88. The Labute approximate surface area is 168 Å². The molecule has 0 atom stereocenters. The quantitative estimate of drug-likeness (QED) is 0.528. The molecule has 0 bridgehead atoms. The lowest BCUT2D eigenvalue weighted by molar-refractivity contribution is -0.0429. The molecule has 3 rings (SSSR count). The number of aromatic nitrogens is 2. The predicted molar refractivity (Wildman–Crippen MR) is 103 cm³/mol. The van der Waals surface area contributed by atoms with Crippen molar-refractivity contribution in [2.24, 2.45) is 0 Å². The summed E-state index contributed by atoms with van der Waals surface area (Å²) in [5.41, 5.74) is -3.94. The number of thiazole rings is 1. The van der Waals surface area contributed by atoms with Crippen molar-refractivity contribution >= 4 is 27.0 Å². The summed E-state index contributed by atoms with van der Waals surface area (Å²) in [6, 6.07) is 6.60. The molecule has 29 heavy (non-hydrogen) atoms. The van der Waals surface area contributed by atoms with Crippen LogP contribution < -0.4 is 4.72 Å². The molecule has 2 heterocycles. The van der Waals surface area contributed by atoms with E-state index in [1.807, 2.05) is 13.0 Å². The predicted octanol–water partition coefficient (Wildman–Crippen LogP) is 5.23. The molecule has 0 saturated heterocycles. The van der Waals surface area contributed by atoms with Gasteiger partial charge < -0.3 is 0 Å². The van der Waals surface area contributed by atoms with Gasteiger partial charge in [-0.25, -0.2) is 9.37 Å². The van der Waals surface area contributed by atoms with Gasteiger partial charge in [0, 0.05) is 28.4 Å². The maximum absolute atomic E-state index is 14.4. The number of hydrogen-bond donors (Lipinski definition) is 1. The smallest absolute Gasteiger partial charge is 0.276 e. The zero-order valence-corrected chi connectivity index (χ0v) is 16.6. The van der Waals surface area contributed by atoms with Gasteiger partial charge in [-0.2, -0.15) is 21.6 Å². The average Bonchev–Trinajstić information content (AvgIpc) is 3.11. The van der Waals surface area contributed by atoms with Gasteiger partial charge in [-0.3, -0.25) is 9.71 Å². The van der Waals surface area contributed by atoms with Crippen LogP contribution in [0.2, 0.25) is 0 Å². The molecular weight excluding hydrogens is 430 g/mol. The van der Waals surface area contributed by atoms with Gasteiger partial charge in [0.25, 0.3) is 0 Å². The van der Waals surface area contributed by atoms with Crippen molar-refractivity contribution in [2.45, 2.75) is 25.3 Å². The molecule has 5 nitrogen and oxygen atoms in total. The maximum Gasteiger partial charge on any atom is 0.516 e. The highest BCUT2D eigenvalue weighted by atomic mass is 32.2. The Morgan fingerprint density at radius 3 is 2.59 bits per heavy atom. The van der Waals surface area contributed by atoms with Crippen molar-refractivity contribution in [1.82, 2.24) is 9.97 Å². The summed E-state index contributed by atoms with van der Waals surface area (Å²) in [6.07, 6.45) is 3.43. The number of nitrogens with zero attached hydrogens (tertiary/aromatic N) is 2. The minimum Gasteiger partial charge on any atom is -0.276 e. The molecule has 0 amide bonds. The lowest BCUT2D eigenvalue weighted by atomic mass is 10.1. The van der Waals surface area contributed by atoms with Gasteiger partial charge in [-0.15, -0.1) is 11.3 Å². The van der Waals surface area contributed by atoms with Crippen LogP contribution in [0.25, 0.3) is 21.8 Å². The first-order chi connectivity index (χ1) is 13.6. The minimum absolute atomic E-state index is 0.0466. The fourth-order valence-corrected chi connectivity index (χ4v) is 3.90. The number of halogens is 4. The molecule has 1 N–H and O–H groups in total. The zero-order chi connectivity index (χ0) is 21.2. The number of hydrogen-bond acceptors (Lipinski definition) is 5. The van der Waals surface area contributed by atoms with Crippen molar-refractivity contribution < 1.29 is 26.0 Å². The maximum atomic E-state index is 14.4. The van der Waals surface area contributed by atoms with Gasteiger partial charge in [0.1, 0.15) is 10.8 Å². The highest BCUT2D eigenvalue weighted by molar-refractivity contribution is 7.93. The van der Waals surface area contributed by atoms with E-state index in [9.17, 15) is 26.0 Å². The third kappa shape index (κ3) is 4.73. The molecule has 1 aromatic carbocycles. The topological polar surface area (TPSA) is 72.0 Å². The molecule has 0 aliphatic rings. The van der Waals surface area contributed by atoms with E-state index in [0.29, 0.717) is 16.8 Å². The Kier molecular flexibility index (Phi) is 5.90. The van der Waals surface area contributed by atoms with E-state index in [4.69, 9.17) is 0 Å². The second-order valence-corrected chi connectivity index (χ2v) is 8.60. The van der Waals surface area contributed by atoms with Crippen molar-refractivity contribution in [3.63, 3.8) is 0 Å². The minimum atomic E-state index is -5.62. The number of rotatable bonds is 6. The van der Waals surface area contributed by atoms with Crippen LogP contribution in [0, 0.1) is 5.82 Å². The first kappa shape index (κ1) is 21.2. The summed E-state index contributed by atoms with van der Waals surface area (Å²) in [4.78, 5) is 8.66. The zero-order valence-electron chi connectivity index (χ0n) is 15.0. The summed E-state index contributed by atoms with van der Waals surface area (Å²) in [6.45, 7) is 2.04. The van der Waals surface area contributed by atoms with Gasteiger partial charge in [-0.1, -0.05) is 13.3 Å². The SMILES string of the molecule is CCCc1cc(-c2nc(-c3ccc(NS(=O)(=O)C(F)(F)F)cc3F)cs2)ccn1. The van der Waals surface area contributed by atoms with Crippen LogP contribution in [0.4, 0.5) is 23.2 Å². The van der Waals surface area contributed by atoms with E-state index in [0.717, 1.165) is 30.2 Å². The fourth-order valence-electron chi connectivity index (χ4n) is 2.53. The number of nitrogens with one attached hydrogen (secondary N) is 1. The highest BCUT2D eigenvalue weighted by Crippen LogP contribution is 2.32. The summed E-state index contributed by atoms with van der Waals surface area (Å²) in [5.74, 6) is -0.898.